The summed E-state index contributed by atoms with van der Waals surface area (Å²) in [5, 5.41) is 18.6. The van der Waals surface area contributed by atoms with Gasteiger partial charge in [0.05, 0.1) is 10.6 Å². The maximum absolute atomic E-state index is 11.6. The Labute approximate surface area is 158 Å². The zero-order valence-corrected chi connectivity index (χ0v) is 15.8. The van der Waals surface area contributed by atoms with E-state index in [0.717, 1.165) is 16.1 Å². The van der Waals surface area contributed by atoms with E-state index in [-0.39, 0.29) is 17.3 Å². The molecule has 10 heteroatoms. The molecule has 0 bridgehead atoms. The zero-order chi connectivity index (χ0) is 18.8. The summed E-state index contributed by atoms with van der Waals surface area (Å²) in [6.45, 7) is 5.62. The van der Waals surface area contributed by atoms with E-state index in [0.29, 0.717) is 15.8 Å². The fourth-order valence-corrected chi connectivity index (χ4v) is 3.22. The number of aryl methyl sites for hydroxylation is 2. The van der Waals surface area contributed by atoms with Crippen molar-refractivity contribution in [2.75, 3.05) is 10.6 Å². The van der Waals surface area contributed by atoms with Crippen molar-refractivity contribution in [3.8, 4) is 0 Å². The molecule has 3 aromatic rings. The molecule has 0 spiro atoms. The third-order valence-corrected chi connectivity index (χ3v) is 5.18. The summed E-state index contributed by atoms with van der Waals surface area (Å²) in [5.74, 6) is 0.142. The largest absolute Gasteiger partial charge is 0.353 e. The maximum atomic E-state index is 11.6. The first-order chi connectivity index (χ1) is 12.4. The molecule has 3 rings (SSSR count). The standard InChI is InChI=1S/C16H15ClN6O2S/c1-8-11(17)5-4-6-12(8)21-14-13(23(24)25)15(19-7-18-14)22-16-20-9(2)10(3)26-16/h4-7H,1-3H3,(H2,18,19,20,21,22). The highest BCUT2D eigenvalue weighted by molar-refractivity contribution is 7.15. The molecule has 0 radical (unpaired) electrons. The number of rotatable bonds is 5. The second kappa shape index (κ2) is 7.22. The lowest BCUT2D eigenvalue weighted by Crippen LogP contribution is -2.06. The van der Waals surface area contributed by atoms with Crippen molar-refractivity contribution in [3.63, 3.8) is 0 Å². The van der Waals surface area contributed by atoms with Gasteiger partial charge in [-0.15, -0.1) is 11.3 Å². The Bertz CT molecular complexity index is 971. The minimum absolute atomic E-state index is 0.0703. The van der Waals surface area contributed by atoms with E-state index in [2.05, 4.69) is 25.6 Å². The molecule has 26 heavy (non-hydrogen) atoms. The molecule has 1 aromatic carbocycles. The summed E-state index contributed by atoms with van der Waals surface area (Å²) in [5.41, 5.74) is 1.99. The van der Waals surface area contributed by atoms with Gasteiger partial charge < -0.3 is 10.6 Å². The lowest BCUT2D eigenvalue weighted by atomic mass is 10.2. The first-order valence-corrected chi connectivity index (χ1v) is 8.79. The molecule has 2 N–H and O–H groups in total. The Balaban J connectivity index is 2.01. The summed E-state index contributed by atoms with van der Waals surface area (Å²) in [4.78, 5) is 24.5. The number of halogens is 1. The Morgan fingerprint density at radius 3 is 2.46 bits per heavy atom. The quantitative estimate of drug-likeness (QED) is 0.471. The van der Waals surface area contributed by atoms with Crippen molar-refractivity contribution in [1.82, 2.24) is 15.0 Å². The first-order valence-electron chi connectivity index (χ1n) is 7.59. The number of thiazole rings is 1. The highest BCUT2D eigenvalue weighted by Crippen LogP contribution is 2.35. The summed E-state index contributed by atoms with van der Waals surface area (Å²) >= 11 is 7.51. The normalized spacial score (nSPS) is 10.6. The second-order valence-electron chi connectivity index (χ2n) is 5.50. The van der Waals surface area contributed by atoms with Gasteiger partial charge in [0, 0.05) is 15.6 Å². The van der Waals surface area contributed by atoms with E-state index in [1.54, 1.807) is 18.2 Å². The lowest BCUT2D eigenvalue weighted by Gasteiger charge is -2.11. The number of nitrogens with one attached hydrogen (secondary N) is 2. The first kappa shape index (κ1) is 18.0. The number of anilines is 4. The van der Waals surface area contributed by atoms with Gasteiger partial charge >= 0.3 is 5.69 Å². The van der Waals surface area contributed by atoms with Crippen LogP contribution in [0.25, 0.3) is 0 Å². The van der Waals surface area contributed by atoms with Crippen LogP contribution in [0.15, 0.2) is 24.5 Å². The van der Waals surface area contributed by atoms with Crippen LogP contribution in [-0.2, 0) is 0 Å². The molecule has 2 heterocycles. The van der Waals surface area contributed by atoms with E-state index in [9.17, 15) is 10.1 Å². The van der Waals surface area contributed by atoms with Crippen LogP contribution in [0.2, 0.25) is 5.02 Å². The van der Waals surface area contributed by atoms with Crippen LogP contribution in [-0.4, -0.2) is 19.9 Å². The molecule has 0 saturated heterocycles. The SMILES string of the molecule is Cc1nc(Nc2ncnc(Nc3cccc(Cl)c3C)c2[N+](=O)[O-])sc1C. The highest BCUT2D eigenvalue weighted by Gasteiger charge is 2.24. The molecule has 0 amide bonds. The molecule has 2 aromatic heterocycles. The van der Waals surface area contributed by atoms with Gasteiger partial charge in [0.15, 0.2) is 5.13 Å². The average Bonchev–Trinajstić information content (AvgIpc) is 2.89. The van der Waals surface area contributed by atoms with Crippen molar-refractivity contribution in [2.24, 2.45) is 0 Å². The molecule has 0 atom stereocenters. The zero-order valence-electron chi connectivity index (χ0n) is 14.2. The Kier molecular flexibility index (Phi) is 5.01. The molecule has 134 valence electrons. The number of hydrogen-bond acceptors (Lipinski definition) is 8. The smallest absolute Gasteiger partial charge is 0.334 e. The van der Waals surface area contributed by atoms with E-state index in [4.69, 9.17) is 11.6 Å². The van der Waals surface area contributed by atoms with Crippen molar-refractivity contribution in [2.45, 2.75) is 20.8 Å². The molecule has 0 fully saturated rings. The van der Waals surface area contributed by atoms with Gasteiger partial charge in [-0.1, -0.05) is 17.7 Å². The molecule has 0 aliphatic carbocycles. The third-order valence-electron chi connectivity index (χ3n) is 3.78. The average molecular weight is 391 g/mol. The van der Waals surface area contributed by atoms with E-state index < -0.39 is 4.92 Å². The third kappa shape index (κ3) is 3.58. The van der Waals surface area contributed by atoms with Crippen LogP contribution in [0.1, 0.15) is 16.1 Å². The predicted octanol–water partition coefficient (Wildman–Crippen LogP) is 4.91. The molecule has 0 unspecified atom stereocenters. The maximum Gasteiger partial charge on any atom is 0.353 e. The van der Waals surface area contributed by atoms with Crippen molar-refractivity contribution in [1.29, 1.82) is 0 Å². The molecular formula is C16H15ClN6O2S. The van der Waals surface area contributed by atoms with Gasteiger partial charge in [0.2, 0.25) is 11.6 Å². The van der Waals surface area contributed by atoms with Crippen LogP contribution in [0.3, 0.4) is 0 Å². The monoisotopic (exact) mass is 390 g/mol. The summed E-state index contributed by atoms with van der Waals surface area (Å²) in [6, 6.07) is 5.27. The summed E-state index contributed by atoms with van der Waals surface area (Å²) in [6.07, 6.45) is 1.25. The van der Waals surface area contributed by atoms with Crippen molar-refractivity contribution >= 4 is 51.1 Å². The molecular weight excluding hydrogens is 376 g/mol. The van der Waals surface area contributed by atoms with Crippen LogP contribution in [0.4, 0.5) is 28.1 Å². The van der Waals surface area contributed by atoms with Gasteiger partial charge in [0.25, 0.3) is 0 Å². The summed E-state index contributed by atoms with van der Waals surface area (Å²) < 4.78 is 0. The van der Waals surface area contributed by atoms with E-state index in [1.165, 1.54) is 17.7 Å². The van der Waals surface area contributed by atoms with E-state index >= 15 is 0 Å². The Morgan fingerprint density at radius 2 is 1.85 bits per heavy atom. The minimum atomic E-state index is -0.530. The van der Waals surface area contributed by atoms with Crippen molar-refractivity contribution < 1.29 is 4.92 Å². The molecule has 0 saturated carbocycles. The fourth-order valence-electron chi connectivity index (χ4n) is 2.23. The topological polar surface area (TPSA) is 106 Å². The van der Waals surface area contributed by atoms with Crippen LogP contribution in [0, 0.1) is 30.9 Å². The number of benzene rings is 1. The molecule has 0 aliphatic rings. The van der Waals surface area contributed by atoms with Gasteiger partial charge in [-0.05, 0) is 38.5 Å². The van der Waals surface area contributed by atoms with Crippen LogP contribution >= 0.6 is 22.9 Å². The molecule has 8 nitrogen and oxygen atoms in total. The van der Waals surface area contributed by atoms with Crippen LogP contribution in [0.5, 0.6) is 0 Å². The number of nitrogens with zero attached hydrogens (tertiary/aromatic N) is 4. The van der Waals surface area contributed by atoms with Gasteiger partial charge in [-0.25, -0.2) is 15.0 Å². The lowest BCUT2D eigenvalue weighted by molar-refractivity contribution is -0.383. The minimum Gasteiger partial charge on any atom is -0.334 e. The van der Waals surface area contributed by atoms with Gasteiger partial charge in [-0.3, -0.25) is 10.1 Å². The second-order valence-corrected chi connectivity index (χ2v) is 7.11. The van der Waals surface area contributed by atoms with Crippen molar-refractivity contribution in [3.05, 3.63) is 55.8 Å². The van der Waals surface area contributed by atoms with Crippen LogP contribution < -0.4 is 10.6 Å². The van der Waals surface area contributed by atoms with Gasteiger partial charge in [-0.2, -0.15) is 0 Å². The van der Waals surface area contributed by atoms with E-state index in [1.807, 2.05) is 20.8 Å². The predicted molar refractivity (Wildman–Crippen MR) is 103 cm³/mol. The fraction of sp³-hybridized carbons (Fsp3) is 0.188. The molecule has 0 aliphatic heterocycles. The number of aromatic nitrogens is 3. The van der Waals surface area contributed by atoms with Gasteiger partial charge in [0.1, 0.15) is 6.33 Å². The highest BCUT2D eigenvalue weighted by atomic mass is 35.5. The Hall–Kier alpha value is -2.78. The number of nitro groups is 1. The summed E-state index contributed by atoms with van der Waals surface area (Å²) in [7, 11) is 0. The number of hydrogen-bond donors (Lipinski definition) is 2. The Morgan fingerprint density at radius 1 is 1.15 bits per heavy atom.